The summed E-state index contributed by atoms with van der Waals surface area (Å²) in [5, 5.41) is 15.1. The minimum atomic E-state index is 0.121. The van der Waals surface area contributed by atoms with E-state index in [4.69, 9.17) is 15.4 Å². The van der Waals surface area contributed by atoms with Gasteiger partial charge in [0.05, 0.1) is 6.26 Å². The lowest BCUT2D eigenvalue weighted by atomic mass is 10.1. The molecule has 0 radical (unpaired) electrons. The monoisotopic (exact) mass is 273 g/mol. The molecule has 0 saturated carbocycles. The van der Waals surface area contributed by atoms with Crippen molar-refractivity contribution >= 4 is 5.84 Å². The van der Waals surface area contributed by atoms with Crippen molar-refractivity contribution in [2.75, 3.05) is 0 Å². The average molecular weight is 273 g/mol. The molecule has 20 heavy (non-hydrogen) atoms. The van der Waals surface area contributed by atoms with E-state index in [1.54, 1.807) is 6.26 Å². The number of oxime groups is 1. The molecule has 4 N–H and O–H groups in total. The number of hydrogen-bond donors (Lipinski definition) is 3. The van der Waals surface area contributed by atoms with E-state index in [-0.39, 0.29) is 5.84 Å². The van der Waals surface area contributed by atoms with Crippen molar-refractivity contribution in [1.82, 2.24) is 5.32 Å². The maximum atomic E-state index is 8.68. The molecule has 0 bridgehead atoms. The van der Waals surface area contributed by atoms with Gasteiger partial charge in [0, 0.05) is 24.6 Å². The predicted molar refractivity (Wildman–Crippen MR) is 77.7 cm³/mol. The van der Waals surface area contributed by atoms with Crippen molar-refractivity contribution in [2.45, 2.75) is 25.9 Å². The van der Waals surface area contributed by atoms with Crippen LogP contribution in [-0.4, -0.2) is 17.1 Å². The van der Waals surface area contributed by atoms with Gasteiger partial charge in [0.15, 0.2) is 5.84 Å². The first-order chi connectivity index (χ1) is 9.69. The highest BCUT2D eigenvalue weighted by Gasteiger charge is 2.06. The number of hydrogen-bond acceptors (Lipinski definition) is 4. The van der Waals surface area contributed by atoms with Gasteiger partial charge in [-0.1, -0.05) is 23.4 Å². The van der Waals surface area contributed by atoms with Gasteiger partial charge < -0.3 is 20.7 Å². The number of nitrogens with two attached hydrogens (primary N) is 1. The standard InChI is InChI=1S/C15H19N3O2/c1-11(8-14-6-3-7-20-14)17-10-12-4-2-5-13(9-12)15(16)18-19/h2-7,9,11,17,19H,8,10H2,1H3,(H2,16,18). The lowest BCUT2D eigenvalue weighted by Gasteiger charge is -2.13. The first-order valence-corrected chi connectivity index (χ1v) is 6.51. The summed E-state index contributed by atoms with van der Waals surface area (Å²) in [6, 6.07) is 11.8. The maximum absolute atomic E-state index is 8.68. The first-order valence-electron chi connectivity index (χ1n) is 6.51. The van der Waals surface area contributed by atoms with Crippen LogP contribution in [0.25, 0.3) is 0 Å². The summed E-state index contributed by atoms with van der Waals surface area (Å²) < 4.78 is 5.32. The fraction of sp³-hybridized carbons (Fsp3) is 0.267. The Hall–Kier alpha value is -2.27. The molecule has 0 aliphatic rings. The molecule has 2 rings (SSSR count). The molecule has 5 heteroatoms. The lowest BCUT2D eigenvalue weighted by molar-refractivity contribution is 0.318. The van der Waals surface area contributed by atoms with Gasteiger partial charge in [0.25, 0.3) is 0 Å². The van der Waals surface area contributed by atoms with Gasteiger partial charge in [0.1, 0.15) is 5.76 Å². The molecule has 0 spiro atoms. The summed E-state index contributed by atoms with van der Waals surface area (Å²) in [6.45, 7) is 2.82. The van der Waals surface area contributed by atoms with Crippen LogP contribution in [0.5, 0.6) is 0 Å². The average Bonchev–Trinajstić information content (AvgIpc) is 2.97. The van der Waals surface area contributed by atoms with Gasteiger partial charge >= 0.3 is 0 Å². The third-order valence-electron chi connectivity index (χ3n) is 3.07. The fourth-order valence-electron chi connectivity index (χ4n) is 1.99. The summed E-state index contributed by atoms with van der Waals surface area (Å²) in [7, 11) is 0. The molecule has 1 unspecified atom stereocenters. The largest absolute Gasteiger partial charge is 0.469 e. The molecule has 0 aliphatic heterocycles. The molecular weight excluding hydrogens is 254 g/mol. The molecule has 1 heterocycles. The van der Waals surface area contributed by atoms with Crippen LogP contribution in [0.2, 0.25) is 0 Å². The van der Waals surface area contributed by atoms with Gasteiger partial charge in [-0.2, -0.15) is 0 Å². The predicted octanol–water partition coefficient (Wildman–Crippen LogP) is 2.09. The first kappa shape index (κ1) is 14.1. The Morgan fingerprint density at radius 3 is 2.95 bits per heavy atom. The molecule has 0 fully saturated rings. The lowest BCUT2D eigenvalue weighted by Crippen LogP contribution is -2.27. The maximum Gasteiger partial charge on any atom is 0.170 e. The molecule has 1 atom stereocenters. The topological polar surface area (TPSA) is 83.8 Å². The van der Waals surface area contributed by atoms with E-state index >= 15 is 0 Å². The summed E-state index contributed by atoms with van der Waals surface area (Å²) in [6.07, 6.45) is 2.52. The fourth-order valence-corrected chi connectivity index (χ4v) is 1.99. The molecule has 5 nitrogen and oxygen atoms in total. The quantitative estimate of drug-likeness (QED) is 0.326. The number of amidine groups is 1. The minimum Gasteiger partial charge on any atom is -0.469 e. The summed E-state index contributed by atoms with van der Waals surface area (Å²) in [5.41, 5.74) is 7.37. The van der Waals surface area contributed by atoms with E-state index in [1.807, 2.05) is 36.4 Å². The molecule has 0 amide bonds. The molecule has 1 aromatic carbocycles. The van der Waals surface area contributed by atoms with Gasteiger partial charge in [-0.15, -0.1) is 0 Å². The zero-order valence-corrected chi connectivity index (χ0v) is 11.4. The molecule has 2 aromatic rings. The molecule has 1 aromatic heterocycles. The number of furan rings is 1. The molecule has 106 valence electrons. The van der Waals surface area contributed by atoms with Crippen molar-refractivity contribution < 1.29 is 9.62 Å². The minimum absolute atomic E-state index is 0.121. The van der Waals surface area contributed by atoms with Crippen LogP contribution in [-0.2, 0) is 13.0 Å². The Balaban J connectivity index is 1.90. The van der Waals surface area contributed by atoms with Crippen LogP contribution in [0, 0.1) is 0 Å². The SMILES string of the molecule is CC(Cc1ccco1)NCc1cccc(C(N)=NO)c1. The number of benzene rings is 1. The summed E-state index contributed by atoms with van der Waals surface area (Å²) >= 11 is 0. The molecular formula is C15H19N3O2. The van der Waals surface area contributed by atoms with Gasteiger partial charge in [-0.05, 0) is 30.7 Å². The van der Waals surface area contributed by atoms with Gasteiger partial charge in [-0.3, -0.25) is 0 Å². The third kappa shape index (κ3) is 3.86. The van der Waals surface area contributed by atoms with E-state index in [0.717, 1.165) is 17.7 Å². The van der Waals surface area contributed by atoms with Crippen LogP contribution >= 0.6 is 0 Å². The molecule has 0 aliphatic carbocycles. The van der Waals surface area contributed by atoms with Crippen molar-refractivity contribution in [3.63, 3.8) is 0 Å². The second-order valence-corrected chi connectivity index (χ2v) is 4.75. The van der Waals surface area contributed by atoms with Crippen molar-refractivity contribution in [3.05, 3.63) is 59.5 Å². The highest BCUT2D eigenvalue weighted by atomic mass is 16.4. The van der Waals surface area contributed by atoms with E-state index in [0.29, 0.717) is 18.2 Å². The van der Waals surface area contributed by atoms with Crippen LogP contribution in [0.15, 0.2) is 52.2 Å². The zero-order chi connectivity index (χ0) is 14.4. The van der Waals surface area contributed by atoms with Crippen LogP contribution in [0.3, 0.4) is 0 Å². The van der Waals surface area contributed by atoms with E-state index < -0.39 is 0 Å². The van der Waals surface area contributed by atoms with Crippen molar-refractivity contribution in [1.29, 1.82) is 0 Å². The number of nitrogens with one attached hydrogen (secondary N) is 1. The summed E-state index contributed by atoms with van der Waals surface area (Å²) in [5.74, 6) is 1.09. The zero-order valence-electron chi connectivity index (χ0n) is 11.4. The second-order valence-electron chi connectivity index (χ2n) is 4.75. The van der Waals surface area contributed by atoms with E-state index in [2.05, 4.69) is 17.4 Å². The Labute approximate surface area is 118 Å². The van der Waals surface area contributed by atoms with Gasteiger partial charge in [-0.25, -0.2) is 0 Å². The van der Waals surface area contributed by atoms with Crippen LogP contribution in [0.4, 0.5) is 0 Å². The Morgan fingerprint density at radius 1 is 1.40 bits per heavy atom. The Kier molecular flexibility index (Phi) is 4.79. The Bertz CT molecular complexity index is 564. The van der Waals surface area contributed by atoms with E-state index in [9.17, 15) is 0 Å². The van der Waals surface area contributed by atoms with E-state index in [1.165, 1.54) is 0 Å². The van der Waals surface area contributed by atoms with Gasteiger partial charge in [0.2, 0.25) is 0 Å². The van der Waals surface area contributed by atoms with Crippen LogP contribution < -0.4 is 11.1 Å². The third-order valence-corrected chi connectivity index (χ3v) is 3.07. The smallest absolute Gasteiger partial charge is 0.170 e. The highest BCUT2D eigenvalue weighted by Crippen LogP contribution is 2.07. The van der Waals surface area contributed by atoms with Crippen molar-refractivity contribution in [2.24, 2.45) is 10.9 Å². The number of nitrogens with zero attached hydrogens (tertiary/aromatic N) is 1. The highest BCUT2D eigenvalue weighted by molar-refractivity contribution is 5.97. The second kappa shape index (κ2) is 6.77. The normalized spacial score (nSPS) is 13.3. The number of rotatable bonds is 6. The molecule has 0 saturated heterocycles. The summed E-state index contributed by atoms with van der Waals surface area (Å²) in [4.78, 5) is 0. The Morgan fingerprint density at radius 2 is 2.25 bits per heavy atom. The van der Waals surface area contributed by atoms with Crippen LogP contribution in [0.1, 0.15) is 23.8 Å². The van der Waals surface area contributed by atoms with Crippen molar-refractivity contribution in [3.8, 4) is 0 Å².